The van der Waals surface area contributed by atoms with Gasteiger partial charge in [-0.25, -0.2) is 4.39 Å². The van der Waals surface area contributed by atoms with E-state index in [1.54, 1.807) is 6.07 Å². The molecule has 0 amide bonds. The van der Waals surface area contributed by atoms with Gasteiger partial charge in [-0.1, -0.05) is 42.5 Å². The Balaban J connectivity index is 2.30. The van der Waals surface area contributed by atoms with Crippen LogP contribution < -0.4 is 0 Å². The molecule has 3 heteroatoms. The minimum Gasteiger partial charge on any atom is -0.385 e. The summed E-state index contributed by atoms with van der Waals surface area (Å²) in [6, 6.07) is 15.7. The van der Waals surface area contributed by atoms with Gasteiger partial charge in [0.05, 0.1) is 5.60 Å². The zero-order chi connectivity index (χ0) is 13.7. The highest BCUT2D eigenvalue weighted by Crippen LogP contribution is 2.29. The molecule has 0 radical (unpaired) electrons. The second kappa shape index (κ2) is 6.18. The molecule has 0 saturated heterocycles. The van der Waals surface area contributed by atoms with Gasteiger partial charge in [-0.3, -0.25) is 0 Å². The summed E-state index contributed by atoms with van der Waals surface area (Å²) in [7, 11) is 0. The van der Waals surface area contributed by atoms with Gasteiger partial charge in [0.2, 0.25) is 0 Å². The molecule has 100 valence electrons. The predicted octanol–water partition coefficient (Wildman–Crippen LogP) is 3.88. The zero-order valence-electron chi connectivity index (χ0n) is 10.5. The fourth-order valence-electron chi connectivity index (χ4n) is 2.22. The van der Waals surface area contributed by atoms with Gasteiger partial charge in [0.25, 0.3) is 0 Å². The molecule has 0 spiro atoms. The third-order valence-corrected chi connectivity index (χ3v) is 3.39. The number of benzene rings is 2. The van der Waals surface area contributed by atoms with Crippen molar-refractivity contribution in [2.24, 2.45) is 0 Å². The minimum absolute atomic E-state index is 0.293. The number of halogens is 2. The van der Waals surface area contributed by atoms with Crippen molar-refractivity contribution in [2.45, 2.75) is 18.4 Å². The van der Waals surface area contributed by atoms with E-state index in [1.807, 2.05) is 36.4 Å². The summed E-state index contributed by atoms with van der Waals surface area (Å²) in [4.78, 5) is 0. The number of rotatable bonds is 5. The maximum atomic E-state index is 13.2. The van der Waals surface area contributed by atoms with Crippen molar-refractivity contribution in [3.8, 4) is 0 Å². The van der Waals surface area contributed by atoms with E-state index >= 15 is 0 Å². The van der Waals surface area contributed by atoms with Gasteiger partial charge in [0.15, 0.2) is 0 Å². The van der Waals surface area contributed by atoms with Crippen LogP contribution in [0.15, 0.2) is 54.6 Å². The summed E-state index contributed by atoms with van der Waals surface area (Å²) in [6.45, 7) is 0. The monoisotopic (exact) mass is 278 g/mol. The Bertz CT molecular complexity index is 529. The van der Waals surface area contributed by atoms with Crippen LogP contribution >= 0.6 is 11.6 Å². The zero-order valence-corrected chi connectivity index (χ0v) is 11.3. The highest BCUT2D eigenvalue weighted by Gasteiger charge is 2.28. The molecule has 0 heterocycles. The average molecular weight is 279 g/mol. The SMILES string of the molecule is OC(CCCl)(Cc1cccc(F)c1)c1ccccc1. The summed E-state index contributed by atoms with van der Waals surface area (Å²) in [5.41, 5.74) is 0.507. The minimum atomic E-state index is -1.06. The van der Waals surface area contributed by atoms with Crippen LogP contribution in [0.4, 0.5) is 4.39 Å². The standard InChI is InChI=1S/C16H16ClFO/c17-10-9-16(19,14-6-2-1-3-7-14)12-13-5-4-8-15(18)11-13/h1-8,11,19H,9-10,12H2. The number of hydrogen-bond donors (Lipinski definition) is 1. The molecule has 0 aliphatic carbocycles. The van der Waals surface area contributed by atoms with Gasteiger partial charge in [0, 0.05) is 12.3 Å². The molecule has 2 rings (SSSR count). The first-order valence-electron chi connectivity index (χ1n) is 6.22. The lowest BCUT2D eigenvalue weighted by Gasteiger charge is -2.28. The van der Waals surface area contributed by atoms with Crippen molar-refractivity contribution in [2.75, 3.05) is 5.88 Å². The van der Waals surface area contributed by atoms with E-state index in [-0.39, 0.29) is 5.82 Å². The average Bonchev–Trinajstić information content (AvgIpc) is 2.40. The summed E-state index contributed by atoms with van der Waals surface area (Å²) in [5, 5.41) is 10.8. The Morgan fingerprint density at radius 1 is 1.05 bits per heavy atom. The molecule has 0 aliphatic heterocycles. The van der Waals surface area contributed by atoms with Gasteiger partial charge in [0.1, 0.15) is 5.82 Å². The van der Waals surface area contributed by atoms with E-state index in [1.165, 1.54) is 12.1 Å². The smallest absolute Gasteiger partial charge is 0.123 e. The molecule has 0 aromatic heterocycles. The van der Waals surface area contributed by atoms with Gasteiger partial charge >= 0.3 is 0 Å². The highest BCUT2D eigenvalue weighted by molar-refractivity contribution is 6.17. The number of aliphatic hydroxyl groups is 1. The van der Waals surface area contributed by atoms with Gasteiger partial charge in [-0.2, -0.15) is 0 Å². The maximum absolute atomic E-state index is 13.2. The molecular formula is C16H16ClFO. The Kier molecular flexibility index (Phi) is 4.56. The molecule has 0 saturated carbocycles. The molecule has 1 N–H and O–H groups in total. The lowest BCUT2D eigenvalue weighted by Crippen LogP contribution is -2.29. The van der Waals surface area contributed by atoms with Crippen molar-refractivity contribution in [1.82, 2.24) is 0 Å². The lowest BCUT2D eigenvalue weighted by atomic mass is 9.85. The van der Waals surface area contributed by atoms with E-state index in [0.29, 0.717) is 18.7 Å². The van der Waals surface area contributed by atoms with Crippen molar-refractivity contribution in [1.29, 1.82) is 0 Å². The molecule has 0 fully saturated rings. The topological polar surface area (TPSA) is 20.2 Å². The Labute approximate surface area is 117 Å². The number of alkyl halides is 1. The van der Waals surface area contributed by atoms with E-state index in [0.717, 1.165) is 11.1 Å². The third-order valence-electron chi connectivity index (χ3n) is 3.20. The van der Waals surface area contributed by atoms with Crippen LogP contribution in [0.5, 0.6) is 0 Å². The first-order valence-corrected chi connectivity index (χ1v) is 6.76. The van der Waals surface area contributed by atoms with Crippen LogP contribution in [0.2, 0.25) is 0 Å². The van der Waals surface area contributed by atoms with Gasteiger partial charge in [-0.15, -0.1) is 11.6 Å². The molecule has 1 atom stereocenters. The molecule has 0 bridgehead atoms. The fraction of sp³-hybridized carbons (Fsp3) is 0.250. The van der Waals surface area contributed by atoms with Crippen molar-refractivity contribution in [3.63, 3.8) is 0 Å². The molecule has 2 aromatic rings. The first-order chi connectivity index (χ1) is 9.14. The Morgan fingerprint density at radius 3 is 2.42 bits per heavy atom. The molecule has 1 unspecified atom stereocenters. The van der Waals surface area contributed by atoms with E-state index < -0.39 is 5.60 Å². The Morgan fingerprint density at radius 2 is 1.79 bits per heavy atom. The van der Waals surface area contributed by atoms with Crippen molar-refractivity contribution < 1.29 is 9.50 Å². The van der Waals surface area contributed by atoms with E-state index in [4.69, 9.17) is 11.6 Å². The van der Waals surface area contributed by atoms with Crippen molar-refractivity contribution in [3.05, 3.63) is 71.5 Å². The van der Waals surface area contributed by atoms with Gasteiger partial charge < -0.3 is 5.11 Å². The van der Waals surface area contributed by atoms with Crippen molar-refractivity contribution >= 4 is 11.6 Å². The quantitative estimate of drug-likeness (QED) is 0.823. The van der Waals surface area contributed by atoms with Crippen LogP contribution in [0.25, 0.3) is 0 Å². The Hall–Kier alpha value is -1.38. The molecule has 0 aliphatic rings. The second-order valence-corrected chi connectivity index (χ2v) is 5.02. The van der Waals surface area contributed by atoms with E-state index in [9.17, 15) is 9.50 Å². The largest absolute Gasteiger partial charge is 0.385 e. The van der Waals surface area contributed by atoms with Crippen LogP contribution in [0, 0.1) is 5.82 Å². The fourth-order valence-corrected chi connectivity index (χ4v) is 2.54. The lowest BCUT2D eigenvalue weighted by molar-refractivity contribution is 0.0336. The van der Waals surface area contributed by atoms with Crippen LogP contribution in [-0.4, -0.2) is 11.0 Å². The summed E-state index contributed by atoms with van der Waals surface area (Å²) >= 11 is 5.80. The molecular weight excluding hydrogens is 263 g/mol. The molecule has 1 nitrogen and oxygen atoms in total. The molecule has 19 heavy (non-hydrogen) atoms. The maximum Gasteiger partial charge on any atom is 0.123 e. The number of hydrogen-bond acceptors (Lipinski definition) is 1. The molecule has 2 aromatic carbocycles. The summed E-state index contributed by atoms with van der Waals surface area (Å²) < 4.78 is 13.2. The van der Waals surface area contributed by atoms with Gasteiger partial charge in [-0.05, 0) is 29.7 Å². The normalized spacial score (nSPS) is 14.1. The second-order valence-electron chi connectivity index (χ2n) is 4.64. The third kappa shape index (κ3) is 3.55. The highest BCUT2D eigenvalue weighted by atomic mass is 35.5. The van der Waals surface area contributed by atoms with Crippen LogP contribution in [-0.2, 0) is 12.0 Å². The van der Waals surface area contributed by atoms with Crippen LogP contribution in [0.3, 0.4) is 0 Å². The van der Waals surface area contributed by atoms with Crippen LogP contribution in [0.1, 0.15) is 17.5 Å². The summed E-state index contributed by atoms with van der Waals surface area (Å²) in [6.07, 6.45) is 0.774. The summed E-state index contributed by atoms with van der Waals surface area (Å²) in [5.74, 6) is 0.0551. The van der Waals surface area contributed by atoms with E-state index in [2.05, 4.69) is 0 Å². The predicted molar refractivity (Wildman–Crippen MR) is 75.8 cm³/mol. The first kappa shape index (κ1) is 14.0.